The van der Waals surface area contributed by atoms with E-state index in [2.05, 4.69) is 4.90 Å². The van der Waals surface area contributed by atoms with Gasteiger partial charge in [-0.1, -0.05) is 12.5 Å². The van der Waals surface area contributed by atoms with E-state index in [1.165, 1.54) is 30.4 Å². The number of nitrogens with zero attached hydrogens (tertiary/aromatic N) is 3. The van der Waals surface area contributed by atoms with E-state index in [-0.39, 0.29) is 11.9 Å². The highest BCUT2D eigenvalue weighted by Gasteiger charge is 2.34. The first-order valence-corrected chi connectivity index (χ1v) is 13.0. The molecule has 1 atom stereocenters. The summed E-state index contributed by atoms with van der Waals surface area (Å²) in [6, 6.07) is 5.59. The molecule has 166 valence electrons. The van der Waals surface area contributed by atoms with Crippen LogP contribution in [-0.2, 0) is 27.7 Å². The van der Waals surface area contributed by atoms with Gasteiger partial charge in [0.05, 0.1) is 4.90 Å². The van der Waals surface area contributed by atoms with Crippen LogP contribution in [0.4, 0.5) is 0 Å². The average molecular weight is 434 g/mol. The number of hydrogen-bond acceptors (Lipinski definition) is 4. The summed E-state index contributed by atoms with van der Waals surface area (Å²) in [7, 11) is -3.53. The summed E-state index contributed by atoms with van der Waals surface area (Å²) < 4.78 is 28.3. The van der Waals surface area contributed by atoms with E-state index in [0.29, 0.717) is 24.5 Å². The number of carbonyl (C=O) groups excluding carboxylic acids is 1. The Morgan fingerprint density at radius 3 is 2.57 bits per heavy atom. The molecule has 1 aromatic rings. The Morgan fingerprint density at radius 1 is 1.03 bits per heavy atom. The van der Waals surface area contributed by atoms with Crippen molar-refractivity contribution in [2.75, 3.05) is 39.3 Å². The molecule has 3 aliphatic rings. The first-order valence-electron chi connectivity index (χ1n) is 11.6. The Balaban J connectivity index is 1.44. The summed E-state index contributed by atoms with van der Waals surface area (Å²) in [4.78, 5) is 17.2. The van der Waals surface area contributed by atoms with E-state index in [1.807, 2.05) is 17.0 Å². The van der Waals surface area contributed by atoms with Gasteiger partial charge < -0.3 is 9.80 Å². The van der Waals surface area contributed by atoms with Crippen LogP contribution in [0.25, 0.3) is 0 Å². The monoisotopic (exact) mass is 433 g/mol. The van der Waals surface area contributed by atoms with Crippen LogP contribution in [0.1, 0.15) is 56.6 Å². The summed E-state index contributed by atoms with van der Waals surface area (Å²) in [5.74, 6) is 0.0498. The quantitative estimate of drug-likeness (QED) is 0.692. The number of rotatable bonds is 6. The summed E-state index contributed by atoms with van der Waals surface area (Å²) in [6.07, 6.45) is 8.55. The smallest absolute Gasteiger partial charge is 0.243 e. The average Bonchev–Trinajstić information content (AvgIpc) is 3.22. The van der Waals surface area contributed by atoms with Crippen molar-refractivity contribution in [2.24, 2.45) is 0 Å². The molecule has 0 aromatic heterocycles. The fourth-order valence-electron chi connectivity index (χ4n) is 5.28. The molecule has 2 fully saturated rings. The van der Waals surface area contributed by atoms with Gasteiger partial charge in [-0.15, -0.1) is 0 Å². The Bertz CT molecular complexity index is 864. The van der Waals surface area contributed by atoms with E-state index in [1.54, 1.807) is 17.3 Å². The second kappa shape index (κ2) is 9.37. The third kappa shape index (κ3) is 4.73. The minimum atomic E-state index is -3.53. The summed E-state index contributed by atoms with van der Waals surface area (Å²) in [5, 5.41) is 0. The van der Waals surface area contributed by atoms with Crippen LogP contribution < -0.4 is 0 Å². The highest BCUT2D eigenvalue weighted by atomic mass is 32.2. The van der Waals surface area contributed by atoms with Crippen molar-refractivity contribution in [3.8, 4) is 0 Å². The molecule has 2 heterocycles. The second-order valence-electron chi connectivity index (χ2n) is 9.06. The van der Waals surface area contributed by atoms with Gasteiger partial charge in [-0.25, -0.2) is 8.42 Å². The van der Waals surface area contributed by atoms with Gasteiger partial charge in [0, 0.05) is 39.1 Å². The lowest BCUT2D eigenvalue weighted by atomic mass is 10.1. The Morgan fingerprint density at radius 2 is 1.80 bits per heavy atom. The summed E-state index contributed by atoms with van der Waals surface area (Å²) in [5.41, 5.74) is 2.46. The third-order valence-electron chi connectivity index (χ3n) is 7.02. The van der Waals surface area contributed by atoms with Gasteiger partial charge in [0.25, 0.3) is 0 Å². The number of piperidine rings is 2. The Kier molecular flexibility index (Phi) is 6.80. The standard InChI is InChI=1S/C23H35N3O3S/c1-19(27)26(16-15-24-12-3-2-4-13-24)22-9-6-14-25(18-22)30(28,29)23-11-10-20-7-5-8-21(20)17-23/h10-11,17,22H,2-9,12-16,18H2,1H3. The van der Waals surface area contributed by atoms with Crippen molar-refractivity contribution in [3.05, 3.63) is 29.3 Å². The van der Waals surface area contributed by atoms with Gasteiger partial charge in [0.1, 0.15) is 0 Å². The van der Waals surface area contributed by atoms with Crippen LogP contribution in [0, 0.1) is 0 Å². The molecule has 2 saturated heterocycles. The molecule has 2 aliphatic heterocycles. The molecule has 0 radical (unpaired) electrons. The van der Waals surface area contributed by atoms with E-state index in [9.17, 15) is 13.2 Å². The van der Waals surface area contributed by atoms with Gasteiger partial charge in [-0.3, -0.25) is 4.79 Å². The summed E-state index contributed by atoms with van der Waals surface area (Å²) in [6.45, 7) is 6.34. The first kappa shape index (κ1) is 21.8. The van der Waals surface area contributed by atoms with E-state index in [0.717, 1.165) is 51.7 Å². The Hall–Kier alpha value is -1.44. The van der Waals surface area contributed by atoms with Gasteiger partial charge in [0.15, 0.2) is 0 Å². The minimum absolute atomic E-state index is 0.0368. The van der Waals surface area contributed by atoms with Crippen molar-refractivity contribution >= 4 is 15.9 Å². The van der Waals surface area contributed by atoms with Gasteiger partial charge in [-0.2, -0.15) is 4.31 Å². The molecule has 30 heavy (non-hydrogen) atoms. The fraction of sp³-hybridized carbons (Fsp3) is 0.696. The number of aryl methyl sites for hydroxylation is 2. The molecule has 0 bridgehead atoms. The van der Waals surface area contributed by atoms with Crippen LogP contribution in [0.3, 0.4) is 0 Å². The van der Waals surface area contributed by atoms with Crippen molar-refractivity contribution in [2.45, 2.75) is 69.2 Å². The topological polar surface area (TPSA) is 60.9 Å². The van der Waals surface area contributed by atoms with Crippen molar-refractivity contribution in [3.63, 3.8) is 0 Å². The molecular weight excluding hydrogens is 398 g/mol. The number of hydrogen-bond donors (Lipinski definition) is 0. The molecular formula is C23H35N3O3S. The zero-order chi connectivity index (χ0) is 21.1. The molecule has 0 spiro atoms. The predicted molar refractivity (Wildman–Crippen MR) is 118 cm³/mol. The van der Waals surface area contributed by atoms with Crippen LogP contribution in [0.2, 0.25) is 0 Å². The highest BCUT2D eigenvalue weighted by molar-refractivity contribution is 7.89. The lowest BCUT2D eigenvalue weighted by Crippen LogP contribution is -2.53. The zero-order valence-corrected chi connectivity index (χ0v) is 19.0. The number of carbonyl (C=O) groups is 1. The maximum atomic E-state index is 13.3. The first-order chi connectivity index (χ1) is 14.4. The lowest BCUT2D eigenvalue weighted by Gasteiger charge is -2.39. The molecule has 7 heteroatoms. The molecule has 4 rings (SSSR count). The number of sulfonamides is 1. The SMILES string of the molecule is CC(=O)N(CCN1CCCCC1)C1CCCN(S(=O)(=O)c2ccc3c(c2)CCC3)C1. The molecule has 0 saturated carbocycles. The van der Waals surface area contributed by atoms with Crippen LogP contribution >= 0.6 is 0 Å². The van der Waals surface area contributed by atoms with Gasteiger partial charge in [0.2, 0.25) is 15.9 Å². The highest BCUT2D eigenvalue weighted by Crippen LogP contribution is 2.28. The van der Waals surface area contributed by atoms with E-state index >= 15 is 0 Å². The van der Waals surface area contributed by atoms with Crippen LogP contribution in [0.5, 0.6) is 0 Å². The van der Waals surface area contributed by atoms with E-state index in [4.69, 9.17) is 0 Å². The minimum Gasteiger partial charge on any atom is -0.337 e. The number of fused-ring (bicyclic) bond motifs is 1. The molecule has 0 N–H and O–H groups in total. The molecule has 6 nitrogen and oxygen atoms in total. The maximum Gasteiger partial charge on any atom is 0.243 e. The lowest BCUT2D eigenvalue weighted by molar-refractivity contribution is -0.132. The molecule has 1 aliphatic carbocycles. The van der Waals surface area contributed by atoms with E-state index < -0.39 is 10.0 Å². The van der Waals surface area contributed by atoms with Crippen molar-refractivity contribution in [1.82, 2.24) is 14.1 Å². The number of likely N-dealkylation sites (tertiary alicyclic amines) is 1. The van der Waals surface area contributed by atoms with Gasteiger partial charge in [-0.05, 0) is 81.3 Å². The normalized spacial score (nSPS) is 23.3. The predicted octanol–water partition coefficient (Wildman–Crippen LogP) is 2.66. The molecule has 1 unspecified atom stereocenters. The van der Waals surface area contributed by atoms with Crippen molar-refractivity contribution < 1.29 is 13.2 Å². The molecule has 1 aromatic carbocycles. The third-order valence-corrected chi connectivity index (χ3v) is 8.88. The molecule has 1 amide bonds. The van der Waals surface area contributed by atoms with Crippen LogP contribution in [-0.4, -0.2) is 73.7 Å². The largest absolute Gasteiger partial charge is 0.337 e. The van der Waals surface area contributed by atoms with Crippen LogP contribution in [0.15, 0.2) is 23.1 Å². The number of benzene rings is 1. The van der Waals surface area contributed by atoms with Crippen molar-refractivity contribution in [1.29, 1.82) is 0 Å². The maximum absolute atomic E-state index is 13.3. The fourth-order valence-corrected chi connectivity index (χ4v) is 6.85. The van der Waals surface area contributed by atoms with Gasteiger partial charge >= 0.3 is 0 Å². The second-order valence-corrected chi connectivity index (χ2v) is 11.0. The summed E-state index contributed by atoms with van der Waals surface area (Å²) >= 11 is 0. The number of amides is 1. The Labute approximate surface area is 181 Å². The zero-order valence-electron chi connectivity index (χ0n) is 18.2.